The largest absolute Gasteiger partial charge is 0.311 e. The van der Waals surface area contributed by atoms with Crippen LogP contribution in [0, 0.1) is 5.92 Å². The number of nitrogens with one attached hydrogen (secondary N) is 1. The molecule has 0 aromatic rings. The summed E-state index contributed by atoms with van der Waals surface area (Å²) in [6.45, 7) is 3.40. The Morgan fingerprint density at radius 1 is 1.23 bits per heavy atom. The van der Waals surface area contributed by atoms with Gasteiger partial charge in [0.05, 0.1) is 0 Å². The minimum atomic E-state index is 0.603. The molecule has 76 valence electrons. The summed E-state index contributed by atoms with van der Waals surface area (Å²) in [7, 11) is 0. The first-order valence-corrected chi connectivity index (χ1v) is 6.90. The van der Waals surface area contributed by atoms with E-state index in [1.165, 1.54) is 38.5 Å². The molecule has 0 aromatic heterocycles. The predicted molar refractivity (Wildman–Crippen MR) is 65.4 cm³/mol. The summed E-state index contributed by atoms with van der Waals surface area (Å²) in [5.74, 6) is 0.999. The van der Waals surface area contributed by atoms with Gasteiger partial charge in [-0.2, -0.15) is 0 Å². The molecule has 0 unspecified atom stereocenters. The van der Waals surface area contributed by atoms with Crippen LogP contribution < -0.4 is 5.32 Å². The van der Waals surface area contributed by atoms with Gasteiger partial charge in [0.2, 0.25) is 0 Å². The molecule has 1 nitrogen and oxygen atoms in total. The van der Waals surface area contributed by atoms with Crippen LogP contribution in [0.4, 0.5) is 0 Å². The van der Waals surface area contributed by atoms with Crippen LogP contribution in [-0.2, 0) is 0 Å². The summed E-state index contributed by atoms with van der Waals surface area (Å²) in [6.07, 6.45) is 8.74. The van der Waals surface area contributed by atoms with Crippen LogP contribution in [0.15, 0.2) is 0 Å². The van der Waals surface area contributed by atoms with Crippen LogP contribution in [0.1, 0.15) is 45.4 Å². The fraction of sp³-hybridized carbons (Fsp3) is 1.00. The summed E-state index contributed by atoms with van der Waals surface area (Å²) in [5, 5.41) is 3.72. The zero-order chi connectivity index (χ0) is 9.31. The third kappa shape index (κ3) is 2.20. The van der Waals surface area contributed by atoms with Gasteiger partial charge >= 0.3 is 0 Å². The van der Waals surface area contributed by atoms with Gasteiger partial charge in [-0.1, -0.05) is 29.5 Å². The van der Waals surface area contributed by atoms with E-state index in [-0.39, 0.29) is 0 Å². The minimum Gasteiger partial charge on any atom is -0.311 e. The third-order valence-corrected chi connectivity index (χ3v) is 5.00. The molecule has 1 N–H and O–H groups in total. The molecular formula is C11H20IN. The molecule has 2 aliphatic carbocycles. The van der Waals surface area contributed by atoms with Gasteiger partial charge < -0.3 is 5.32 Å². The highest BCUT2D eigenvalue weighted by atomic mass is 127. The van der Waals surface area contributed by atoms with Gasteiger partial charge in [-0.05, 0) is 51.0 Å². The monoisotopic (exact) mass is 293 g/mol. The van der Waals surface area contributed by atoms with Crippen molar-refractivity contribution in [3.63, 3.8) is 0 Å². The molecule has 0 spiro atoms. The molecule has 0 atom stereocenters. The maximum Gasteiger partial charge on any atom is 0.0210 e. The van der Waals surface area contributed by atoms with Gasteiger partial charge in [0.15, 0.2) is 0 Å². The second kappa shape index (κ2) is 4.05. The number of hydrogen-bond donors (Lipinski definition) is 1. The van der Waals surface area contributed by atoms with Crippen molar-refractivity contribution < 1.29 is 0 Å². The van der Waals surface area contributed by atoms with Crippen molar-refractivity contribution in [2.75, 3.05) is 6.54 Å². The molecular weight excluding hydrogens is 273 g/mol. The Morgan fingerprint density at radius 2 is 1.85 bits per heavy atom. The summed E-state index contributed by atoms with van der Waals surface area (Å²) < 4.78 is 0.964. The van der Waals surface area contributed by atoms with Crippen molar-refractivity contribution in [1.82, 2.24) is 5.32 Å². The van der Waals surface area contributed by atoms with E-state index in [4.69, 9.17) is 0 Å². The second-order valence-electron chi connectivity index (χ2n) is 4.64. The van der Waals surface area contributed by atoms with Crippen molar-refractivity contribution in [2.45, 2.75) is 54.9 Å². The molecule has 2 aliphatic rings. The van der Waals surface area contributed by atoms with Gasteiger partial charge in [-0.25, -0.2) is 0 Å². The van der Waals surface area contributed by atoms with Crippen molar-refractivity contribution in [1.29, 1.82) is 0 Å². The number of halogens is 1. The average molecular weight is 293 g/mol. The Hall–Kier alpha value is 0.690. The maximum absolute atomic E-state index is 3.72. The van der Waals surface area contributed by atoms with E-state index in [9.17, 15) is 0 Å². The highest BCUT2D eigenvalue weighted by Gasteiger charge is 2.48. The van der Waals surface area contributed by atoms with Crippen LogP contribution >= 0.6 is 22.6 Å². The number of hydrogen-bond acceptors (Lipinski definition) is 1. The quantitative estimate of drug-likeness (QED) is 0.623. The highest BCUT2D eigenvalue weighted by Crippen LogP contribution is 2.48. The fourth-order valence-corrected chi connectivity index (χ4v) is 3.54. The molecule has 0 saturated heterocycles. The second-order valence-corrected chi connectivity index (χ2v) is 6.40. The summed E-state index contributed by atoms with van der Waals surface area (Å²) in [4.78, 5) is 0. The van der Waals surface area contributed by atoms with Crippen LogP contribution in [0.3, 0.4) is 0 Å². The van der Waals surface area contributed by atoms with Gasteiger partial charge in [0.25, 0.3) is 0 Å². The molecule has 2 heteroatoms. The molecule has 0 amide bonds. The van der Waals surface area contributed by atoms with Crippen molar-refractivity contribution in [3.8, 4) is 0 Å². The third-order valence-electron chi connectivity index (χ3n) is 3.76. The van der Waals surface area contributed by atoms with Crippen LogP contribution in [0.25, 0.3) is 0 Å². The Morgan fingerprint density at radius 3 is 2.31 bits per heavy atom. The smallest absolute Gasteiger partial charge is 0.0210 e. The van der Waals surface area contributed by atoms with Crippen molar-refractivity contribution >= 4 is 22.6 Å². The molecule has 0 bridgehead atoms. The number of rotatable bonds is 3. The Bertz CT molecular complexity index is 169. The predicted octanol–water partition coefficient (Wildman–Crippen LogP) is 3.12. The van der Waals surface area contributed by atoms with Crippen molar-refractivity contribution in [3.05, 3.63) is 0 Å². The average Bonchev–Trinajstić information content (AvgIpc) is 2.87. The van der Waals surface area contributed by atoms with E-state index >= 15 is 0 Å². The topological polar surface area (TPSA) is 12.0 Å². The van der Waals surface area contributed by atoms with Crippen molar-refractivity contribution in [2.24, 2.45) is 5.92 Å². The van der Waals surface area contributed by atoms with Gasteiger partial charge in [0, 0.05) is 9.46 Å². The van der Waals surface area contributed by atoms with Gasteiger partial charge in [-0.15, -0.1) is 0 Å². The highest BCUT2D eigenvalue weighted by molar-refractivity contribution is 14.1. The maximum atomic E-state index is 3.72. The first-order chi connectivity index (χ1) is 6.27. The molecule has 13 heavy (non-hydrogen) atoms. The van der Waals surface area contributed by atoms with E-state index < -0.39 is 0 Å². The summed E-state index contributed by atoms with van der Waals surface area (Å²) in [6, 6.07) is 0. The summed E-state index contributed by atoms with van der Waals surface area (Å²) >= 11 is 2.62. The van der Waals surface area contributed by atoms with Gasteiger partial charge in [0.1, 0.15) is 0 Å². The lowest BCUT2D eigenvalue weighted by atomic mass is 9.82. The first kappa shape index (κ1) is 10.2. The SMILES string of the molecule is CCNC1(C2CCC(I)CC2)CC1. The normalized spacial score (nSPS) is 37.4. The van der Waals surface area contributed by atoms with E-state index in [0.717, 1.165) is 16.4 Å². The Balaban J connectivity index is 1.87. The molecule has 2 fully saturated rings. The van der Waals surface area contributed by atoms with E-state index in [2.05, 4.69) is 34.8 Å². The Labute approximate surface area is 95.2 Å². The summed E-state index contributed by atoms with van der Waals surface area (Å²) in [5.41, 5.74) is 0.603. The molecule has 0 heterocycles. The minimum absolute atomic E-state index is 0.603. The van der Waals surface area contributed by atoms with Crippen LogP contribution in [0.2, 0.25) is 0 Å². The molecule has 2 saturated carbocycles. The Kier molecular flexibility index (Phi) is 3.18. The number of alkyl halides is 1. The lowest BCUT2D eigenvalue weighted by Gasteiger charge is -2.33. The lowest BCUT2D eigenvalue weighted by Crippen LogP contribution is -2.40. The fourth-order valence-electron chi connectivity index (χ4n) is 2.82. The first-order valence-electron chi connectivity index (χ1n) is 5.66. The lowest BCUT2D eigenvalue weighted by molar-refractivity contribution is 0.262. The van der Waals surface area contributed by atoms with E-state index in [1.807, 2.05) is 0 Å². The van der Waals surface area contributed by atoms with Crippen LogP contribution in [-0.4, -0.2) is 16.0 Å². The van der Waals surface area contributed by atoms with Crippen LogP contribution in [0.5, 0.6) is 0 Å². The molecule has 0 radical (unpaired) electrons. The van der Waals surface area contributed by atoms with E-state index in [1.54, 1.807) is 0 Å². The molecule has 0 aliphatic heterocycles. The van der Waals surface area contributed by atoms with Gasteiger partial charge in [-0.3, -0.25) is 0 Å². The van der Waals surface area contributed by atoms with E-state index in [0.29, 0.717) is 5.54 Å². The molecule has 2 rings (SSSR count). The zero-order valence-corrected chi connectivity index (χ0v) is 10.6. The zero-order valence-electron chi connectivity index (χ0n) is 8.48. The molecule has 0 aromatic carbocycles. The standard InChI is InChI=1S/C11H20IN/c1-2-13-11(7-8-11)9-3-5-10(12)6-4-9/h9-10,13H,2-8H2,1H3.